The second-order valence-electron chi connectivity index (χ2n) is 2.25. The van der Waals surface area contributed by atoms with Crippen LogP contribution in [0.25, 0.3) is 0 Å². The number of nitrogens with one attached hydrogen (secondary N) is 1. The summed E-state index contributed by atoms with van der Waals surface area (Å²) in [5, 5.41) is 0. The molecule has 0 fully saturated rings. The predicted molar refractivity (Wildman–Crippen MR) is 39.3 cm³/mol. The maximum Gasteiger partial charge on any atom is 0.103 e. The number of nitrogens with two attached hydrogens (primary N) is 1. The molecular weight excluding hydrogens is 165 g/mol. The molecule has 0 saturated heterocycles. The molecule has 0 aromatic rings. The SMILES string of the molecule is CCS(F)(F)(F)(CC)NN. The van der Waals surface area contributed by atoms with Gasteiger partial charge < -0.3 is 0 Å². The molecule has 0 aliphatic carbocycles. The number of rotatable bonds is 3. The Kier molecular flexibility index (Phi) is 1.82. The zero-order valence-corrected chi connectivity index (χ0v) is 6.85. The van der Waals surface area contributed by atoms with Gasteiger partial charge in [-0.25, -0.2) is 0 Å². The highest BCUT2D eigenvalue weighted by Gasteiger charge is 2.57. The van der Waals surface area contributed by atoms with E-state index in [0.29, 0.717) is 0 Å². The van der Waals surface area contributed by atoms with Crippen molar-refractivity contribution in [3.63, 3.8) is 0 Å². The van der Waals surface area contributed by atoms with Crippen LogP contribution in [0, 0.1) is 0 Å². The Morgan fingerprint density at radius 1 is 1.20 bits per heavy atom. The predicted octanol–water partition coefficient (Wildman–Crippen LogP) is 1.93. The number of halogens is 3. The lowest BCUT2D eigenvalue weighted by molar-refractivity contribution is 0.513. The molecule has 66 valence electrons. The maximum atomic E-state index is 12.9. The van der Waals surface area contributed by atoms with Crippen LogP contribution in [0.4, 0.5) is 11.7 Å². The highest BCUT2D eigenvalue weighted by molar-refractivity contribution is 8.52. The first-order valence-electron chi connectivity index (χ1n) is 2.95. The minimum atomic E-state index is -6.53. The smallest absolute Gasteiger partial charge is 0.103 e. The van der Waals surface area contributed by atoms with Gasteiger partial charge in [0, 0.05) is 11.5 Å². The molecule has 0 spiro atoms. The second-order valence-corrected chi connectivity index (χ2v) is 6.75. The van der Waals surface area contributed by atoms with Crippen LogP contribution in [0.2, 0.25) is 0 Å². The molecule has 0 amide bonds. The van der Waals surface area contributed by atoms with Crippen LogP contribution in [0.3, 0.4) is 0 Å². The van der Waals surface area contributed by atoms with Gasteiger partial charge in [-0.3, -0.25) is 5.84 Å². The zero-order valence-electron chi connectivity index (χ0n) is 6.03. The number of hydrazine groups is 1. The topological polar surface area (TPSA) is 38.0 Å². The quantitative estimate of drug-likeness (QED) is 0.512. The summed E-state index contributed by atoms with van der Waals surface area (Å²) in [6, 6.07) is 0. The first-order valence-corrected chi connectivity index (χ1v) is 5.44. The monoisotopic (exact) mass is 178 g/mol. The molecule has 0 unspecified atom stereocenters. The molecule has 6 heteroatoms. The fourth-order valence-corrected chi connectivity index (χ4v) is 1.11. The van der Waals surface area contributed by atoms with Gasteiger partial charge in [-0.15, -0.1) is 11.7 Å². The minimum Gasteiger partial charge on any atom is -0.259 e. The molecule has 3 N–H and O–H groups in total. The Bertz CT molecular complexity index is 126. The van der Waals surface area contributed by atoms with Crippen molar-refractivity contribution in [1.29, 1.82) is 0 Å². The van der Waals surface area contributed by atoms with E-state index in [-0.39, 0.29) is 0 Å². The lowest BCUT2D eigenvalue weighted by Gasteiger charge is -2.56. The van der Waals surface area contributed by atoms with E-state index in [1.165, 1.54) is 0 Å². The standard InChI is InChI=1S/C4H13F3N2S/c1-3-10(5,6,7,4-2)9-8/h9H,3-4,8H2,1-2H3. The molecule has 0 aromatic heterocycles. The van der Waals surface area contributed by atoms with Gasteiger partial charge in [-0.05, 0) is 0 Å². The van der Waals surface area contributed by atoms with Gasteiger partial charge in [0.25, 0.3) is 0 Å². The average Bonchev–Trinajstić information content (AvgIpc) is 1.90. The van der Waals surface area contributed by atoms with Gasteiger partial charge in [0.2, 0.25) is 0 Å². The molecule has 0 saturated carbocycles. The third-order valence-corrected chi connectivity index (χ3v) is 4.96. The molecule has 2 nitrogen and oxygen atoms in total. The molecule has 0 atom stereocenters. The summed E-state index contributed by atoms with van der Waals surface area (Å²) >= 11 is 0. The Morgan fingerprint density at radius 2 is 1.50 bits per heavy atom. The third-order valence-electron chi connectivity index (χ3n) is 1.65. The van der Waals surface area contributed by atoms with Gasteiger partial charge in [-0.2, -0.15) is 4.83 Å². The van der Waals surface area contributed by atoms with Gasteiger partial charge in [0.1, 0.15) is 9.64 Å². The average molecular weight is 178 g/mol. The molecule has 0 rings (SSSR count). The Balaban J connectivity index is 4.83. The molecule has 0 aliphatic heterocycles. The highest BCUT2D eigenvalue weighted by atomic mass is 32.4. The summed E-state index contributed by atoms with van der Waals surface area (Å²) in [5.41, 5.74) is 0. The Morgan fingerprint density at radius 3 is 1.50 bits per heavy atom. The fourth-order valence-electron chi connectivity index (χ4n) is 0.371. The van der Waals surface area contributed by atoms with Crippen molar-refractivity contribution < 1.29 is 11.7 Å². The van der Waals surface area contributed by atoms with E-state index in [2.05, 4.69) is 5.84 Å². The summed E-state index contributed by atoms with van der Waals surface area (Å²) in [5.74, 6) is 2.74. The van der Waals surface area contributed by atoms with E-state index >= 15 is 0 Å². The van der Waals surface area contributed by atoms with Crippen LogP contribution >= 0.6 is 9.64 Å². The van der Waals surface area contributed by atoms with E-state index in [1.54, 1.807) is 0 Å². The van der Waals surface area contributed by atoms with E-state index < -0.39 is 21.1 Å². The van der Waals surface area contributed by atoms with Crippen LogP contribution in [-0.2, 0) is 0 Å². The summed E-state index contributed by atoms with van der Waals surface area (Å²) in [7, 11) is -6.53. The third kappa shape index (κ3) is 1.77. The van der Waals surface area contributed by atoms with E-state index in [4.69, 9.17) is 0 Å². The molecule has 0 heterocycles. The van der Waals surface area contributed by atoms with Crippen molar-refractivity contribution in [3.05, 3.63) is 0 Å². The van der Waals surface area contributed by atoms with E-state index in [1.807, 2.05) is 0 Å². The lowest BCUT2D eigenvalue weighted by atomic mass is 11.0. The van der Waals surface area contributed by atoms with Gasteiger partial charge in [0.15, 0.2) is 0 Å². The van der Waals surface area contributed by atoms with E-state index in [9.17, 15) is 11.7 Å². The first kappa shape index (κ1) is 10.1. The summed E-state index contributed by atoms with van der Waals surface area (Å²) in [4.78, 5) is 1.05. The van der Waals surface area contributed by atoms with Crippen LogP contribution in [0.15, 0.2) is 0 Å². The largest absolute Gasteiger partial charge is 0.259 e. The molecular formula is C4H13F3N2S. The second kappa shape index (κ2) is 1.80. The van der Waals surface area contributed by atoms with Gasteiger partial charge in [-0.1, -0.05) is 13.8 Å². The Labute approximate surface area is 58.2 Å². The van der Waals surface area contributed by atoms with E-state index in [0.717, 1.165) is 18.7 Å². The van der Waals surface area contributed by atoms with Crippen molar-refractivity contribution in [2.75, 3.05) is 11.5 Å². The summed E-state index contributed by atoms with van der Waals surface area (Å²) in [6.07, 6.45) is 0. The molecule has 0 radical (unpaired) electrons. The van der Waals surface area contributed by atoms with Crippen LogP contribution in [0.5, 0.6) is 0 Å². The Hall–Kier alpha value is 0.0600. The molecule has 0 aliphatic rings. The highest BCUT2D eigenvalue weighted by Crippen LogP contribution is 2.90. The number of hydrogen-bond acceptors (Lipinski definition) is 2. The van der Waals surface area contributed by atoms with Crippen LogP contribution in [-0.4, -0.2) is 11.5 Å². The fraction of sp³-hybridized carbons (Fsp3) is 1.00. The zero-order chi connectivity index (χ0) is 8.53. The first-order chi connectivity index (χ1) is 4.21. The molecule has 10 heavy (non-hydrogen) atoms. The summed E-state index contributed by atoms with van der Waals surface area (Å²) in [6.45, 7) is 2.15. The number of hydrogen-bond donors (Lipinski definition) is 2. The molecule has 0 bridgehead atoms. The maximum absolute atomic E-state index is 12.9. The van der Waals surface area contributed by atoms with Crippen LogP contribution < -0.4 is 10.7 Å². The van der Waals surface area contributed by atoms with Gasteiger partial charge in [0.05, 0.1) is 0 Å². The van der Waals surface area contributed by atoms with Gasteiger partial charge >= 0.3 is 0 Å². The van der Waals surface area contributed by atoms with Crippen molar-refractivity contribution >= 4 is 9.64 Å². The van der Waals surface area contributed by atoms with Crippen LogP contribution in [0.1, 0.15) is 13.8 Å². The normalized spacial score (nSPS) is 19.8. The summed E-state index contributed by atoms with van der Waals surface area (Å²) < 4.78 is 38.7. The molecule has 0 aromatic carbocycles. The van der Waals surface area contributed by atoms with Crippen molar-refractivity contribution in [1.82, 2.24) is 4.83 Å². The minimum absolute atomic E-state index is 0.868. The van der Waals surface area contributed by atoms with Crippen molar-refractivity contribution in [3.8, 4) is 0 Å². The van der Waals surface area contributed by atoms with Crippen molar-refractivity contribution in [2.45, 2.75) is 13.8 Å². The lowest BCUT2D eigenvalue weighted by Crippen LogP contribution is -2.44. The van der Waals surface area contributed by atoms with Crippen molar-refractivity contribution in [2.24, 2.45) is 5.84 Å².